The normalized spacial score (nSPS) is 16.2. The number of aryl methyl sites for hydroxylation is 1. The van der Waals surface area contributed by atoms with Gasteiger partial charge in [0.05, 0.1) is 18.4 Å². The Morgan fingerprint density at radius 1 is 1.29 bits per heavy atom. The predicted molar refractivity (Wildman–Crippen MR) is 102 cm³/mol. The van der Waals surface area contributed by atoms with Crippen molar-refractivity contribution in [3.63, 3.8) is 0 Å². The maximum atomic E-state index is 12.3. The molecule has 0 saturated carbocycles. The van der Waals surface area contributed by atoms with E-state index in [4.69, 9.17) is 4.74 Å². The van der Waals surface area contributed by atoms with Crippen LogP contribution in [0.2, 0.25) is 0 Å². The number of thioether (sulfide) groups is 1. The van der Waals surface area contributed by atoms with E-state index < -0.39 is 0 Å². The van der Waals surface area contributed by atoms with Gasteiger partial charge in [0.2, 0.25) is 5.91 Å². The van der Waals surface area contributed by atoms with Crippen LogP contribution in [0.15, 0.2) is 46.9 Å². The third-order valence-corrected chi connectivity index (χ3v) is 5.47. The summed E-state index contributed by atoms with van der Waals surface area (Å²) in [4.78, 5) is 12.3. The number of carbonyl (C=O) groups is 1. The number of nitrogens with one attached hydrogen (secondary N) is 1. The predicted octanol–water partition coefficient (Wildman–Crippen LogP) is 4.63. The van der Waals surface area contributed by atoms with Crippen molar-refractivity contribution in [2.24, 2.45) is 0 Å². The van der Waals surface area contributed by atoms with Gasteiger partial charge in [0.15, 0.2) is 0 Å². The van der Waals surface area contributed by atoms with E-state index in [-0.39, 0.29) is 11.9 Å². The Labute approximate surface area is 155 Å². The molecule has 1 aliphatic heterocycles. The number of hydrogen-bond acceptors (Lipinski definition) is 3. The van der Waals surface area contributed by atoms with E-state index in [1.165, 1.54) is 11.1 Å². The SMILES string of the molecule is Cc1ccc(CSCC(=O)NC2CCOc3ccc(Br)cc32)cc1. The van der Waals surface area contributed by atoms with Crippen molar-refractivity contribution in [1.82, 2.24) is 5.32 Å². The second-order valence-corrected chi connectivity index (χ2v) is 7.82. The summed E-state index contributed by atoms with van der Waals surface area (Å²) in [7, 11) is 0. The smallest absolute Gasteiger partial charge is 0.230 e. The molecule has 0 spiro atoms. The van der Waals surface area contributed by atoms with Gasteiger partial charge in [-0.05, 0) is 30.7 Å². The Hall–Kier alpha value is -1.46. The van der Waals surface area contributed by atoms with Gasteiger partial charge < -0.3 is 10.1 Å². The highest BCUT2D eigenvalue weighted by Gasteiger charge is 2.23. The van der Waals surface area contributed by atoms with Crippen LogP contribution in [-0.2, 0) is 10.5 Å². The Balaban J connectivity index is 1.52. The maximum Gasteiger partial charge on any atom is 0.230 e. The number of halogens is 1. The zero-order valence-corrected chi connectivity index (χ0v) is 16.0. The molecule has 24 heavy (non-hydrogen) atoms. The van der Waals surface area contributed by atoms with Crippen molar-refractivity contribution in [3.8, 4) is 5.75 Å². The third kappa shape index (κ3) is 4.54. The van der Waals surface area contributed by atoms with Gasteiger partial charge in [-0.1, -0.05) is 45.8 Å². The molecule has 1 unspecified atom stereocenters. The van der Waals surface area contributed by atoms with Gasteiger partial charge in [0, 0.05) is 22.2 Å². The molecule has 0 saturated heterocycles. The van der Waals surface area contributed by atoms with Crippen LogP contribution >= 0.6 is 27.7 Å². The van der Waals surface area contributed by atoms with Gasteiger partial charge >= 0.3 is 0 Å². The fraction of sp³-hybridized carbons (Fsp3) is 0.316. The van der Waals surface area contributed by atoms with Crippen LogP contribution < -0.4 is 10.1 Å². The number of rotatable bonds is 5. The lowest BCUT2D eigenvalue weighted by molar-refractivity contribution is -0.119. The van der Waals surface area contributed by atoms with Crippen LogP contribution in [0.4, 0.5) is 0 Å². The lowest BCUT2D eigenvalue weighted by Crippen LogP contribution is -2.33. The van der Waals surface area contributed by atoms with Gasteiger partial charge in [-0.3, -0.25) is 4.79 Å². The summed E-state index contributed by atoms with van der Waals surface area (Å²) in [6.07, 6.45) is 0.803. The average molecular weight is 406 g/mol. The van der Waals surface area contributed by atoms with Crippen LogP contribution in [0.25, 0.3) is 0 Å². The van der Waals surface area contributed by atoms with E-state index in [2.05, 4.69) is 52.4 Å². The maximum absolute atomic E-state index is 12.3. The monoisotopic (exact) mass is 405 g/mol. The molecular weight excluding hydrogens is 386 g/mol. The molecule has 0 radical (unpaired) electrons. The summed E-state index contributed by atoms with van der Waals surface area (Å²) in [6, 6.07) is 14.4. The van der Waals surface area contributed by atoms with Crippen molar-refractivity contribution in [1.29, 1.82) is 0 Å². The summed E-state index contributed by atoms with van der Waals surface area (Å²) in [5.74, 6) is 2.25. The lowest BCUT2D eigenvalue weighted by Gasteiger charge is -2.27. The second-order valence-electron chi connectivity index (χ2n) is 5.92. The summed E-state index contributed by atoms with van der Waals surface area (Å²) < 4.78 is 6.66. The Kier molecular flexibility index (Phi) is 5.85. The number of amides is 1. The fourth-order valence-electron chi connectivity index (χ4n) is 2.70. The highest BCUT2D eigenvalue weighted by Crippen LogP contribution is 2.34. The second kappa shape index (κ2) is 8.08. The van der Waals surface area contributed by atoms with Crippen LogP contribution in [0, 0.1) is 6.92 Å². The van der Waals surface area contributed by atoms with Crippen LogP contribution in [0.3, 0.4) is 0 Å². The fourth-order valence-corrected chi connectivity index (χ4v) is 3.87. The van der Waals surface area contributed by atoms with Gasteiger partial charge in [0.1, 0.15) is 5.75 Å². The number of fused-ring (bicyclic) bond motifs is 1. The minimum Gasteiger partial charge on any atom is -0.493 e. The summed E-state index contributed by atoms with van der Waals surface area (Å²) in [5.41, 5.74) is 3.55. The molecule has 1 amide bonds. The summed E-state index contributed by atoms with van der Waals surface area (Å²) in [5, 5.41) is 3.14. The molecule has 1 N–H and O–H groups in total. The first-order chi connectivity index (χ1) is 11.6. The van der Waals surface area contributed by atoms with Crippen molar-refractivity contribution in [2.45, 2.75) is 25.1 Å². The van der Waals surface area contributed by atoms with Crippen molar-refractivity contribution in [3.05, 3.63) is 63.6 Å². The third-order valence-electron chi connectivity index (χ3n) is 3.97. The number of hydrogen-bond donors (Lipinski definition) is 1. The Bertz CT molecular complexity index is 718. The standard InChI is InChI=1S/C19H20BrNO2S/c1-13-2-4-14(5-3-13)11-24-12-19(22)21-17-8-9-23-18-7-6-15(20)10-16(17)18/h2-7,10,17H,8-9,11-12H2,1H3,(H,21,22). The zero-order chi connectivity index (χ0) is 16.9. The molecule has 1 atom stereocenters. The van der Waals surface area contributed by atoms with E-state index in [1.54, 1.807) is 11.8 Å². The first-order valence-electron chi connectivity index (χ1n) is 7.97. The van der Waals surface area contributed by atoms with Gasteiger partial charge in [-0.25, -0.2) is 0 Å². The van der Waals surface area contributed by atoms with Crippen LogP contribution in [-0.4, -0.2) is 18.3 Å². The highest BCUT2D eigenvalue weighted by molar-refractivity contribution is 9.10. The minimum atomic E-state index is 0.0266. The molecule has 5 heteroatoms. The highest BCUT2D eigenvalue weighted by atomic mass is 79.9. The lowest BCUT2D eigenvalue weighted by atomic mass is 10.0. The van der Waals surface area contributed by atoms with Gasteiger partial charge in [0.25, 0.3) is 0 Å². The molecular formula is C19H20BrNO2S. The van der Waals surface area contributed by atoms with Crippen molar-refractivity contribution < 1.29 is 9.53 Å². The quantitative estimate of drug-likeness (QED) is 0.787. The molecule has 0 aromatic heterocycles. The van der Waals surface area contributed by atoms with E-state index in [1.807, 2.05) is 18.2 Å². The minimum absolute atomic E-state index is 0.0266. The molecule has 1 aliphatic rings. The molecule has 0 aliphatic carbocycles. The van der Waals surface area contributed by atoms with Crippen molar-refractivity contribution >= 4 is 33.6 Å². The van der Waals surface area contributed by atoms with Gasteiger partial charge in [-0.15, -0.1) is 11.8 Å². The van der Waals surface area contributed by atoms with E-state index in [9.17, 15) is 4.79 Å². The number of carbonyl (C=O) groups excluding carboxylic acids is 1. The molecule has 126 valence electrons. The molecule has 3 nitrogen and oxygen atoms in total. The van der Waals surface area contributed by atoms with Crippen LogP contribution in [0.1, 0.15) is 29.2 Å². The summed E-state index contributed by atoms with van der Waals surface area (Å²) >= 11 is 5.13. The molecule has 3 rings (SSSR count). The first kappa shape index (κ1) is 17.4. The molecule has 0 bridgehead atoms. The average Bonchev–Trinajstić information content (AvgIpc) is 2.57. The Morgan fingerprint density at radius 2 is 2.08 bits per heavy atom. The molecule has 2 aromatic rings. The number of benzene rings is 2. The molecule has 0 fully saturated rings. The van der Waals surface area contributed by atoms with E-state index in [0.717, 1.165) is 28.0 Å². The molecule has 1 heterocycles. The zero-order valence-electron chi connectivity index (χ0n) is 13.5. The van der Waals surface area contributed by atoms with Gasteiger partial charge in [-0.2, -0.15) is 0 Å². The van der Waals surface area contributed by atoms with E-state index in [0.29, 0.717) is 12.4 Å². The summed E-state index contributed by atoms with van der Waals surface area (Å²) in [6.45, 7) is 2.71. The molecule has 2 aromatic carbocycles. The van der Waals surface area contributed by atoms with Crippen molar-refractivity contribution in [2.75, 3.05) is 12.4 Å². The topological polar surface area (TPSA) is 38.3 Å². The largest absolute Gasteiger partial charge is 0.493 e. The van der Waals surface area contributed by atoms with E-state index >= 15 is 0 Å². The first-order valence-corrected chi connectivity index (χ1v) is 9.91. The Morgan fingerprint density at radius 3 is 2.88 bits per heavy atom. The van der Waals surface area contributed by atoms with Crippen LogP contribution in [0.5, 0.6) is 5.75 Å². The number of ether oxygens (including phenoxy) is 1.